The number of ether oxygens (including phenoxy) is 2. The van der Waals surface area contributed by atoms with Crippen LogP contribution in [0.25, 0.3) is 0 Å². The van der Waals surface area contributed by atoms with Crippen LogP contribution >= 0.6 is 0 Å². The lowest BCUT2D eigenvalue weighted by molar-refractivity contribution is -0.152. The number of hydrogen-bond acceptors (Lipinski definition) is 5. The molecule has 2 aromatic carbocycles. The van der Waals surface area contributed by atoms with E-state index < -0.39 is 5.97 Å². The van der Waals surface area contributed by atoms with Crippen molar-refractivity contribution < 1.29 is 19.1 Å². The van der Waals surface area contributed by atoms with Crippen LogP contribution in [0.5, 0.6) is 5.75 Å². The first kappa shape index (κ1) is 18.6. The Morgan fingerprint density at radius 3 is 2.56 bits per heavy atom. The first-order valence-corrected chi connectivity index (χ1v) is 8.90. The third-order valence-electron chi connectivity index (χ3n) is 4.15. The summed E-state index contributed by atoms with van der Waals surface area (Å²) >= 11 is 0. The van der Waals surface area contributed by atoms with Crippen LogP contribution in [0, 0.1) is 6.92 Å². The Hall–Kier alpha value is -3.15. The van der Waals surface area contributed by atoms with Crippen molar-refractivity contribution in [2.75, 3.05) is 19.8 Å². The van der Waals surface area contributed by atoms with Gasteiger partial charge in [-0.3, -0.25) is 9.59 Å². The van der Waals surface area contributed by atoms with E-state index in [0.29, 0.717) is 18.7 Å². The summed E-state index contributed by atoms with van der Waals surface area (Å²) in [6.45, 7) is 2.38. The highest BCUT2D eigenvalue weighted by atomic mass is 16.5. The summed E-state index contributed by atoms with van der Waals surface area (Å²) in [5, 5.41) is 5.69. The number of esters is 1. The molecule has 140 valence electrons. The fraction of sp³-hybridized carbons (Fsp3) is 0.286. The molecule has 0 unspecified atom stereocenters. The van der Waals surface area contributed by atoms with Crippen LogP contribution in [0.3, 0.4) is 0 Å². The van der Waals surface area contributed by atoms with Gasteiger partial charge in [0.05, 0.1) is 25.3 Å². The van der Waals surface area contributed by atoms with Gasteiger partial charge in [0.2, 0.25) is 0 Å². The van der Waals surface area contributed by atoms with Crippen LogP contribution in [-0.2, 0) is 14.3 Å². The molecule has 0 N–H and O–H groups in total. The van der Waals surface area contributed by atoms with E-state index in [4.69, 9.17) is 9.47 Å². The van der Waals surface area contributed by atoms with E-state index in [9.17, 15) is 9.59 Å². The van der Waals surface area contributed by atoms with Crippen molar-refractivity contribution in [2.24, 2.45) is 5.10 Å². The second-order valence-electron chi connectivity index (χ2n) is 6.25. The fourth-order valence-electron chi connectivity index (χ4n) is 2.65. The number of aryl methyl sites for hydroxylation is 1. The Morgan fingerprint density at radius 1 is 1.07 bits per heavy atom. The lowest BCUT2D eigenvalue weighted by Gasteiger charge is -2.11. The smallest absolute Gasteiger partial charge is 0.309 e. The van der Waals surface area contributed by atoms with Crippen molar-refractivity contribution in [3.05, 3.63) is 65.7 Å². The Bertz CT molecular complexity index is 816. The molecule has 1 aliphatic rings. The molecule has 27 heavy (non-hydrogen) atoms. The molecule has 6 nitrogen and oxygen atoms in total. The van der Waals surface area contributed by atoms with Crippen LogP contribution in [0.1, 0.15) is 24.0 Å². The lowest BCUT2D eigenvalue weighted by Crippen LogP contribution is -2.29. The molecular formula is C21H22N2O4. The zero-order chi connectivity index (χ0) is 19.1. The van der Waals surface area contributed by atoms with Gasteiger partial charge in [-0.1, -0.05) is 48.0 Å². The number of hydrogen-bond donors (Lipinski definition) is 0. The van der Waals surface area contributed by atoms with E-state index in [1.807, 2.05) is 61.5 Å². The van der Waals surface area contributed by atoms with Gasteiger partial charge in [0.15, 0.2) is 6.61 Å². The van der Waals surface area contributed by atoms with Gasteiger partial charge in [-0.2, -0.15) is 5.10 Å². The zero-order valence-electron chi connectivity index (χ0n) is 15.3. The Kier molecular flexibility index (Phi) is 6.20. The van der Waals surface area contributed by atoms with Crippen molar-refractivity contribution in [2.45, 2.75) is 19.8 Å². The molecule has 1 aliphatic heterocycles. The highest BCUT2D eigenvalue weighted by Crippen LogP contribution is 2.14. The summed E-state index contributed by atoms with van der Waals surface area (Å²) in [6, 6.07) is 17.3. The average molecular weight is 366 g/mol. The maximum absolute atomic E-state index is 12.2. The molecule has 0 fully saturated rings. The normalized spacial score (nSPS) is 13.2. The van der Waals surface area contributed by atoms with Gasteiger partial charge in [-0.25, -0.2) is 5.01 Å². The predicted molar refractivity (Wildman–Crippen MR) is 102 cm³/mol. The molecule has 0 bridgehead atoms. The van der Waals surface area contributed by atoms with E-state index in [1.54, 1.807) is 0 Å². The zero-order valence-corrected chi connectivity index (χ0v) is 15.3. The van der Waals surface area contributed by atoms with Crippen molar-refractivity contribution in [3.63, 3.8) is 0 Å². The average Bonchev–Trinajstić information content (AvgIpc) is 3.19. The van der Waals surface area contributed by atoms with Crippen molar-refractivity contribution in [3.8, 4) is 5.75 Å². The molecule has 1 heterocycles. The minimum atomic E-state index is -0.470. The van der Waals surface area contributed by atoms with E-state index in [1.165, 1.54) is 5.01 Å². The molecule has 6 heteroatoms. The molecule has 0 saturated heterocycles. The first-order chi connectivity index (χ1) is 13.1. The van der Waals surface area contributed by atoms with Crippen LogP contribution in [0.15, 0.2) is 59.7 Å². The summed E-state index contributed by atoms with van der Waals surface area (Å²) in [7, 11) is 0. The third-order valence-corrected chi connectivity index (χ3v) is 4.15. The minimum absolute atomic E-state index is 0.0830. The fourth-order valence-corrected chi connectivity index (χ4v) is 2.65. The van der Waals surface area contributed by atoms with Gasteiger partial charge in [0, 0.05) is 6.42 Å². The van der Waals surface area contributed by atoms with E-state index in [2.05, 4.69) is 5.10 Å². The predicted octanol–water partition coefficient (Wildman–Crippen LogP) is 2.94. The minimum Gasteiger partial charge on any atom is -0.493 e. The molecule has 0 aromatic heterocycles. The second-order valence-corrected chi connectivity index (χ2v) is 6.25. The molecule has 1 amide bonds. The number of carbonyl (C=O) groups is 2. The molecule has 3 rings (SSSR count). The van der Waals surface area contributed by atoms with Gasteiger partial charge < -0.3 is 9.47 Å². The number of carbonyl (C=O) groups excluding carboxylic acids is 2. The second kappa shape index (κ2) is 8.98. The number of amides is 1. The summed E-state index contributed by atoms with van der Waals surface area (Å²) in [6.07, 6.45) is 0.772. The summed E-state index contributed by atoms with van der Waals surface area (Å²) in [5.41, 5.74) is 3.00. The third kappa shape index (κ3) is 5.41. The maximum atomic E-state index is 12.2. The highest BCUT2D eigenvalue weighted by Gasteiger charge is 2.22. The van der Waals surface area contributed by atoms with Crippen LogP contribution < -0.4 is 4.74 Å². The van der Waals surface area contributed by atoms with Crippen molar-refractivity contribution in [1.82, 2.24) is 5.01 Å². The summed E-state index contributed by atoms with van der Waals surface area (Å²) in [4.78, 5) is 23.9. The highest BCUT2D eigenvalue weighted by molar-refractivity contribution is 6.02. The van der Waals surface area contributed by atoms with Gasteiger partial charge >= 0.3 is 5.97 Å². The Morgan fingerprint density at radius 2 is 1.81 bits per heavy atom. The van der Waals surface area contributed by atoms with Gasteiger partial charge in [0.1, 0.15) is 5.75 Å². The van der Waals surface area contributed by atoms with E-state index in [0.717, 1.165) is 16.8 Å². The number of hydrazone groups is 1. The van der Waals surface area contributed by atoms with Gasteiger partial charge in [-0.15, -0.1) is 0 Å². The molecule has 0 spiro atoms. The van der Waals surface area contributed by atoms with Crippen LogP contribution in [-0.4, -0.2) is 42.4 Å². The summed E-state index contributed by atoms with van der Waals surface area (Å²) < 4.78 is 10.5. The maximum Gasteiger partial charge on any atom is 0.309 e. The van der Waals surface area contributed by atoms with E-state index in [-0.39, 0.29) is 25.5 Å². The molecule has 2 aromatic rings. The van der Waals surface area contributed by atoms with E-state index >= 15 is 0 Å². The number of rotatable bonds is 7. The van der Waals surface area contributed by atoms with Crippen LogP contribution in [0.2, 0.25) is 0 Å². The standard InChI is InChI=1S/C21H22N2O4/c1-16-7-9-18(10-8-16)26-14-12-21(25)27-15-20(24)23-13-11-19(22-23)17-5-3-2-4-6-17/h2-10H,11-15H2,1H3. The van der Waals surface area contributed by atoms with Crippen molar-refractivity contribution >= 4 is 17.6 Å². The number of benzene rings is 2. The molecule has 0 atom stereocenters. The first-order valence-electron chi connectivity index (χ1n) is 8.90. The van der Waals surface area contributed by atoms with Crippen LogP contribution in [0.4, 0.5) is 0 Å². The quantitative estimate of drug-likeness (QED) is 0.707. The van der Waals surface area contributed by atoms with Gasteiger partial charge in [-0.05, 0) is 24.6 Å². The SMILES string of the molecule is Cc1ccc(OCCC(=O)OCC(=O)N2CCC(c3ccccc3)=N2)cc1. The van der Waals surface area contributed by atoms with Gasteiger partial charge in [0.25, 0.3) is 5.91 Å². The monoisotopic (exact) mass is 366 g/mol. The molecule has 0 radical (unpaired) electrons. The molecule has 0 aliphatic carbocycles. The molecule has 0 saturated carbocycles. The number of nitrogens with zero attached hydrogens (tertiary/aromatic N) is 2. The Labute approximate surface area is 158 Å². The van der Waals surface area contributed by atoms with Crippen molar-refractivity contribution in [1.29, 1.82) is 0 Å². The topological polar surface area (TPSA) is 68.2 Å². The lowest BCUT2D eigenvalue weighted by atomic mass is 10.1. The molecular weight excluding hydrogens is 344 g/mol. The summed E-state index contributed by atoms with van der Waals surface area (Å²) in [5.74, 6) is -0.0972. The largest absolute Gasteiger partial charge is 0.493 e. The Balaban J connectivity index is 1.39.